The Labute approximate surface area is 149 Å². The van der Waals surface area contributed by atoms with Gasteiger partial charge in [-0.15, -0.1) is 0 Å². The fourth-order valence-corrected chi connectivity index (χ4v) is 3.46. The molecule has 0 spiro atoms. The van der Waals surface area contributed by atoms with Crippen LogP contribution < -0.4 is 11.3 Å². The van der Waals surface area contributed by atoms with Crippen molar-refractivity contribution in [2.45, 2.75) is 25.7 Å². The van der Waals surface area contributed by atoms with Crippen molar-refractivity contribution < 1.29 is 18.7 Å². The lowest BCUT2D eigenvalue weighted by Crippen LogP contribution is -2.28. The molecule has 3 rings (SSSR count). The lowest BCUT2D eigenvalue weighted by Gasteiger charge is -2.19. The Morgan fingerprint density at radius 2 is 2.32 bits per heavy atom. The van der Waals surface area contributed by atoms with E-state index in [9.17, 15) is 9.69 Å². The van der Waals surface area contributed by atoms with Crippen molar-refractivity contribution in [3.05, 3.63) is 28.8 Å². The summed E-state index contributed by atoms with van der Waals surface area (Å²) in [6, 6.07) is 3.16. The van der Waals surface area contributed by atoms with Crippen molar-refractivity contribution >= 4 is 35.4 Å². The summed E-state index contributed by atoms with van der Waals surface area (Å²) in [5.74, 6) is 0.351. The van der Waals surface area contributed by atoms with Crippen molar-refractivity contribution in [1.82, 2.24) is 14.5 Å². The molecule has 11 heteroatoms. The van der Waals surface area contributed by atoms with Gasteiger partial charge in [-0.3, -0.25) is 9.36 Å². The molecule has 1 fully saturated rings. The zero-order valence-electron chi connectivity index (χ0n) is 13.7. The van der Waals surface area contributed by atoms with Gasteiger partial charge in [0, 0.05) is 13.0 Å². The van der Waals surface area contributed by atoms with Crippen LogP contribution in [0, 0.1) is 5.92 Å². The highest BCUT2D eigenvalue weighted by Crippen LogP contribution is 2.44. The Hall–Kier alpha value is -1.42. The highest BCUT2D eigenvalue weighted by atomic mass is 32.5. The van der Waals surface area contributed by atoms with Crippen molar-refractivity contribution in [2.75, 3.05) is 19.5 Å². The number of nitrogen functional groups attached to an aromatic ring is 1. The number of rotatable bonds is 5. The Bertz CT molecular complexity index is 891. The fourth-order valence-electron chi connectivity index (χ4n) is 2.81. The quantitative estimate of drug-likeness (QED) is 0.729. The maximum Gasteiger partial charge on any atom is 0.324 e. The summed E-state index contributed by atoms with van der Waals surface area (Å²) in [4.78, 5) is 30.6. The van der Waals surface area contributed by atoms with Crippen LogP contribution in [-0.2, 0) is 25.6 Å². The third-order valence-corrected chi connectivity index (χ3v) is 5.75. The maximum absolute atomic E-state index is 12.7. The molecule has 3 N–H and O–H groups in total. The molecule has 136 valence electrons. The average Bonchev–Trinajstić information content (AvgIpc) is 2.94. The number of anilines is 1. The third-order valence-electron chi connectivity index (χ3n) is 4.05. The summed E-state index contributed by atoms with van der Waals surface area (Å²) in [6.45, 7) is -1.17. The van der Waals surface area contributed by atoms with Crippen LogP contribution in [0.3, 0.4) is 0 Å². The molecule has 0 aliphatic carbocycles. The third kappa shape index (κ3) is 3.89. The number of nitrogens with zero attached hydrogens (tertiary/aromatic N) is 3. The molecular formula is C14H19N4O5PS. The van der Waals surface area contributed by atoms with Crippen LogP contribution in [0.1, 0.15) is 19.6 Å². The molecule has 4 atom stereocenters. The molecule has 2 aromatic rings. The lowest BCUT2D eigenvalue weighted by atomic mass is 10.1. The van der Waals surface area contributed by atoms with Gasteiger partial charge in [0.1, 0.15) is 18.4 Å². The molecule has 1 unspecified atom stereocenters. The Morgan fingerprint density at radius 3 is 3.04 bits per heavy atom. The summed E-state index contributed by atoms with van der Waals surface area (Å²) in [5, 5.41) is 0.373. The minimum absolute atomic E-state index is 0.0476. The van der Waals surface area contributed by atoms with Gasteiger partial charge in [-0.2, -0.15) is 0 Å². The molecule has 0 saturated carbocycles. The molecule has 25 heavy (non-hydrogen) atoms. The smallest absolute Gasteiger partial charge is 0.324 e. The molecule has 2 aromatic heterocycles. The molecule has 1 aliphatic rings. The van der Waals surface area contributed by atoms with Crippen LogP contribution in [0.15, 0.2) is 23.3 Å². The molecule has 9 nitrogen and oxygen atoms in total. The van der Waals surface area contributed by atoms with Gasteiger partial charge < -0.3 is 24.4 Å². The van der Waals surface area contributed by atoms with Gasteiger partial charge in [-0.05, 0) is 30.4 Å². The topological polar surface area (TPSA) is 122 Å². The molecule has 1 saturated heterocycles. The second kappa shape index (κ2) is 7.06. The predicted octanol–water partition coefficient (Wildman–Crippen LogP) is 1.18. The van der Waals surface area contributed by atoms with E-state index in [0.29, 0.717) is 23.3 Å². The molecule has 0 amide bonds. The number of pyridine rings is 1. The number of fused-ring (bicyclic) bond motifs is 1. The van der Waals surface area contributed by atoms with Gasteiger partial charge in [-0.25, -0.2) is 9.97 Å². The van der Waals surface area contributed by atoms with Gasteiger partial charge >= 0.3 is 6.72 Å². The highest BCUT2D eigenvalue weighted by Gasteiger charge is 2.35. The summed E-state index contributed by atoms with van der Waals surface area (Å²) >= 11 is 4.80. The first-order valence-electron chi connectivity index (χ1n) is 7.62. The average molecular weight is 386 g/mol. The summed E-state index contributed by atoms with van der Waals surface area (Å²) in [6.07, 6.45) is 1.26. The summed E-state index contributed by atoms with van der Waals surface area (Å²) < 4.78 is 17.3. The zero-order valence-corrected chi connectivity index (χ0v) is 15.4. The van der Waals surface area contributed by atoms with Crippen molar-refractivity contribution in [3.63, 3.8) is 0 Å². The van der Waals surface area contributed by atoms with Crippen molar-refractivity contribution in [3.8, 4) is 0 Å². The standard InChI is InChI=1S/C14H19N4O5PS/c1-8-5-9(6-22-24(20,25)21-2)23-14(8)18-7-16-12-10(13(18)19)3-4-11(15)17-12/h3-4,7-9,14H,5-6H2,1-2H3,(H2,15,17)(H,20,25)/t8-,9-,14+,24?/m0/s1. The first-order chi connectivity index (χ1) is 11.8. The molecule has 0 bridgehead atoms. The van der Waals surface area contributed by atoms with E-state index < -0.39 is 12.9 Å². The van der Waals surface area contributed by atoms with Gasteiger partial charge in [0.15, 0.2) is 5.65 Å². The summed E-state index contributed by atoms with van der Waals surface area (Å²) in [5.41, 5.74) is 5.67. The minimum atomic E-state index is -3.23. The van der Waals surface area contributed by atoms with E-state index >= 15 is 0 Å². The predicted molar refractivity (Wildman–Crippen MR) is 95.4 cm³/mol. The Morgan fingerprint density at radius 1 is 1.56 bits per heavy atom. The summed E-state index contributed by atoms with van der Waals surface area (Å²) in [7, 11) is 1.29. The lowest BCUT2D eigenvalue weighted by molar-refractivity contribution is -0.0310. The highest BCUT2D eigenvalue weighted by molar-refractivity contribution is 8.07. The van der Waals surface area contributed by atoms with Crippen molar-refractivity contribution in [1.29, 1.82) is 0 Å². The SMILES string of the molecule is COP(O)(=S)OC[C@@H]1C[C@H](C)[C@H](n2cnc3nc(N)ccc3c2=O)O1. The van der Waals surface area contributed by atoms with Crippen LogP contribution in [0.2, 0.25) is 0 Å². The number of hydrogen-bond donors (Lipinski definition) is 2. The molecule has 3 heterocycles. The van der Waals surface area contributed by atoms with E-state index in [2.05, 4.69) is 9.97 Å². The van der Waals surface area contributed by atoms with E-state index in [1.54, 1.807) is 12.1 Å². The molecule has 0 radical (unpaired) electrons. The fraction of sp³-hybridized carbons (Fsp3) is 0.500. The number of nitrogens with two attached hydrogens (primary N) is 1. The Balaban J connectivity index is 1.81. The second-order valence-corrected chi connectivity index (χ2v) is 8.82. The molecular weight excluding hydrogens is 367 g/mol. The van der Waals surface area contributed by atoms with E-state index in [4.69, 9.17) is 31.3 Å². The maximum atomic E-state index is 12.7. The minimum Gasteiger partial charge on any atom is -0.384 e. The molecule has 1 aliphatic heterocycles. The monoisotopic (exact) mass is 386 g/mol. The largest absolute Gasteiger partial charge is 0.384 e. The normalized spacial score (nSPS) is 26.0. The van der Waals surface area contributed by atoms with Crippen LogP contribution in [0.5, 0.6) is 0 Å². The van der Waals surface area contributed by atoms with Gasteiger partial charge in [0.25, 0.3) is 5.56 Å². The molecule has 0 aromatic carbocycles. The van der Waals surface area contributed by atoms with E-state index in [1.807, 2.05) is 6.92 Å². The van der Waals surface area contributed by atoms with E-state index in [0.717, 1.165) is 0 Å². The number of ether oxygens (including phenoxy) is 1. The van der Waals surface area contributed by atoms with Crippen LogP contribution in [-0.4, -0.2) is 39.2 Å². The van der Waals surface area contributed by atoms with Crippen molar-refractivity contribution in [2.24, 2.45) is 5.92 Å². The first kappa shape index (κ1) is 18.4. The van der Waals surface area contributed by atoms with Crippen LogP contribution in [0.4, 0.5) is 5.82 Å². The van der Waals surface area contributed by atoms with Gasteiger partial charge in [0.2, 0.25) is 0 Å². The Kier molecular flexibility index (Phi) is 5.19. The van der Waals surface area contributed by atoms with Crippen LogP contribution in [0.25, 0.3) is 11.0 Å². The number of aromatic nitrogens is 3. The van der Waals surface area contributed by atoms with E-state index in [-0.39, 0.29) is 24.2 Å². The van der Waals surface area contributed by atoms with Crippen LogP contribution >= 0.6 is 6.72 Å². The van der Waals surface area contributed by atoms with Gasteiger partial charge in [0.05, 0.1) is 18.1 Å². The first-order valence-corrected chi connectivity index (χ1v) is 10.2. The zero-order chi connectivity index (χ0) is 18.2. The number of hydrogen-bond acceptors (Lipinski definition) is 8. The van der Waals surface area contributed by atoms with E-state index in [1.165, 1.54) is 18.0 Å². The second-order valence-electron chi connectivity index (χ2n) is 5.87. The van der Waals surface area contributed by atoms with Gasteiger partial charge in [-0.1, -0.05) is 6.92 Å².